The monoisotopic (exact) mass is 280 g/mol. The second-order valence-corrected chi connectivity index (χ2v) is 4.50. The summed E-state index contributed by atoms with van der Waals surface area (Å²) < 4.78 is 44.0. The molecule has 0 N–H and O–H groups in total. The molecular weight excluding hydrogens is 273 g/mol. The Bertz CT molecular complexity index is 371. The maximum Gasteiger partial charge on any atom is 0.402 e. The minimum absolute atomic E-state index is 0.260. The maximum atomic E-state index is 12.9. The number of hydrogen-bond acceptors (Lipinski definition) is 1. The van der Waals surface area contributed by atoms with E-state index in [9.17, 15) is 13.2 Å². The van der Waals surface area contributed by atoms with Gasteiger partial charge in [0.05, 0.1) is 13.2 Å². The van der Waals surface area contributed by atoms with E-state index in [0.29, 0.717) is 4.47 Å². The Morgan fingerprint density at radius 2 is 1.93 bits per heavy atom. The van der Waals surface area contributed by atoms with Crippen molar-refractivity contribution < 1.29 is 17.9 Å². The van der Waals surface area contributed by atoms with E-state index >= 15 is 0 Å². The molecule has 0 atom stereocenters. The largest absolute Gasteiger partial charge is 0.402 e. The van der Waals surface area contributed by atoms with Crippen molar-refractivity contribution in [3.8, 4) is 0 Å². The highest BCUT2D eigenvalue weighted by Crippen LogP contribution is 2.46. The summed E-state index contributed by atoms with van der Waals surface area (Å²) in [6, 6.07) is 6.29. The Kier molecular flexibility index (Phi) is 2.55. The lowest BCUT2D eigenvalue weighted by molar-refractivity contribution is -0.262. The van der Waals surface area contributed by atoms with Crippen molar-refractivity contribution >= 4 is 15.9 Å². The number of rotatable bonds is 1. The van der Waals surface area contributed by atoms with Gasteiger partial charge in [0.15, 0.2) is 0 Å². The van der Waals surface area contributed by atoms with Gasteiger partial charge in [-0.2, -0.15) is 13.2 Å². The summed E-state index contributed by atoms with van der Waals surface area (Å²) >= 11 is 3.17. The van der Waals surface area contributed by atoms with Crippen molar-refractivity contribution in [1.29, 1.82) is 0 Å². The van der Waals surface area contributed by atoms with Crippen LogP contribution in [0.3, 0.4) is 0 Å². The first kappa shape index (κ1) is 11.0. The molecule has 1 aromatic carbocycles. The zero-order valence-electron chi connectivity index (χ0n) is 7.64. The predicted octanol–water partition coefficient (Wildman–Crippen LogP) is 3.28. The van der Waals surface area contributed by atoms with Gasteiger partial charge in [0.1, 0.15) is 5.41 Å². The first-order chi connectivity index (χ1) is 6.96. The summed E-state index contributed by atoms with van der Waals surface area (Å²) in [5, 5.41) is 0. The fraction of sp³-hybridized carbons (Fsp3) is 0.400. The molecule has 0 aromatic heterocycles. The van der Waals surface area contributed by atoms with E-state index in [2.05, 4.69) is 15.9 Å². The molecule has 0 spiro atoms. The quantitative estimate of drug-likeness (QED) is 0.767. The Labute approximate surface area is 93.4 Å². The van der Waals surface area contributed by atoms with Gasteiger partial charge in [0, 0.05) is 4.47 Å². The first-order valence-electron chi connectivity index (χ1n) is 4.36. The fourth-order valence-electron chi connectivity index (χ4n) is 1.59. The van der Waals surface area contributed by atoms with E-state index in [1.54, 1.807) is 12.1 Å². The molecule has 1 heterocycles. The third-order valence-electron chi connectivity index (χ3n) is 2.62. The molecule has 0 aliphatic carbocycles. The van der Waals surface area contributed by atoms with Crippen LogP contribution in [0.5, 0.6) is 0 Å². The zero-order chi connectivity index (χ0) is 11.1. The van der Waals surface area contributed by atoms with E-state index in [-0.39, 0.29) is 18.8 Å². The minimum atomic E-state index is -4.26. The molecule has 0 bridgehead atoms. The smallest absolute Gasteiger partial charge is 0.379 e. The van der Waals surface area contributed by atoms with Gasteiger partial charge in [-0.25, -0.2) is 0 Å². The van der Waals surface area contributed by atoms with E-state index in [4.69, 9.17) is 4.74 Å². The first-order valence-corrected chi connectivity index (χ1v) is 5.15. The second-order valence-electron chi connectivity index (χ2n) is 3.58. The van der Waals surface area contributed by atoms with Gasteiger partial charge >= 0.3 is 6.18 Å². The third-order valence-corrected chi connectivity index (χ3v) is 3.11. The predicted molar refractivity (Wildman–Crippen MR) is 52.7 cm³/mol. The van der Waals surface area contributed by atoms with Crippen molar-refractivity contribution in [1.82, 2.24) is 0 Å². The maximum absolute atomic E-state index is 12.9. The van der Waals surface area contributed by atoms with Crippen molar-refractivity contribution in [2.24, 2.45) is 0 Å². The molecule has 0 amide bonds. The van der Waals surface area contributed by atoms with Gasteiger partial charge in [-0.1, -0.05) is 28.1 Å². The highest BCUT2D eigenvalue weighted by molar-refractivity contribution is 9.10. The molecule has 82 valence electrons. The molecule has 1 saturated heterocycles. The number of halogens is 4. The van der Waals surface area contributed by atoms with Crippen LogP contribution in [0.25, 0.3) is 0 Å². The van der Waals surface area contributed by atoms with Crippen molar-refractivity contribution in [2.75, 3.05) is 13.2 Å². The van der Waals surface area contributed by atoms with Gasteiger partial charge in [0.2, 0.25) is 0 Å². The number of alkyl halides is 3. The minimum Gasteiger partial charge on any atom is -0.379 e. The van der Waals surface area contributed by atoms with Crippen molar-refractivity contribution in [3.63, 3.8) is 0 Å². The number of hydrogen-bond donors (Lipinski definition) is 0. The van der Waals surface area contributed by atoms with Gasteiger partial charge in [-0.05, 0) is 17.7 Å². The van der Waals surface area contributed by atoms with Gasteiger partial charge in [-0.3, -0.25) is 0 Å². The molecule has 0 radical (unpaired) electrons. The summed E-state index contributed by atoms with van der Waals surface area (Å²) in [6.07, 6.45) is -4.26. The van der Waals surface area contributed by atoms with E-state index < -0.39 is 11.6 Å². The molecule has 1 fully saturated rings. The molecule has 1 aliphatic rings. The lowest BCUT2D eigenvalue weighted by Crippen LogP contribution is -2.57. The van der Waals surface area contributed by atoms with Crippen LogP contribution >= 0.6 is 15.9 Å². The molecule has 1 nitrogen and oxygen atoms in total. The topological polar surface area (TPSA) is 9.23 Å². The van der Waals surface area contributed by atoms with Crippen LogP contribution in [-0.2, 0) is 10.2 Å². The molecule has 1 aliphatic heterocycles. The molecule has 2 rings (SSSR count). The SMILES string of the molecule is FC(F)(F)C1(c2cccc(Br)c2)COC1. The molecule has 0 saturated carbocycles. The lowest BCUT2D eigenvalue weighted by Gasteiger charge is -2.43. The average Bonchev–Trinajstić information content (AvgIpc) is 1.98. The number of benzene rings is 1. The summed E-state index contributed by atoms with van der Waals surface area (Å²) in [6.45, 7) is -0.570. The van der Waals surface area contributed by atoms with Gasteiger partial charge < -0.3 is 4.74 Å². The number of ether oxygens (including phenoxy) is 1. The van der Waals surface area contributed by atoms with Crippen LogP contribution in [0.2, 0.25) is 0 Å². The normalized spacial score (nSPS) is 19.7. The van der Waals surface area contributed by atoms with Crippen LogP contribution < -0.4 is 0 Å². The average molecular weight is 281 g/mol. The molecule has 15 heavy (non-hydrogen) atoms. The highest BCUT2D eigenvalue weighted by Gasteiger charge is 2.60. The molecular formula is C10H8BrF3O. The summed E-state index contributed by atoms with van der Waals surface area (Å²) in [5.74, 6) is 0. The Hall–Kier alpha value is -0.550. The Morgan fingerprint density at radius 1 is 1.27 bits per heavy atom. The van der Waals surface area contributed by atoms with Gasteiger partial charge in [0.25, 0.3) is 0 Å². The van der Waals surface area contributed by atoms with E-state index in [1.165, 1.54) is 12.1 Å². The molecule has 1 aromatic rings. The van der Waals surface area contributed by atoms with Gasteiger partial charge in [-0.15, -0.1) is 0 Å². The molecule has 0 unspecified atom stereocenters. The van der Waals surface area contributed by atoms with Crippen LogP contribution in [0.1, 0.15) is 5.56 Å². The second kappa shape index (κ2) is 3.49. The van der Waals surface area contributed by atoms with Crippen LogP contribution in [-0.4, -0.2) is 19.4 Å². The van der Waals surface area contributed by atoms with Crippen molar-refractivity contribution in [3.05, 3.63) is 34.3 Å². The summed E-state index contributed by atoms with van der Waals surface area (Å²) in [4.78, 5) is 0. The molecule has 5 heteroatoms. The van der Waals surface area contributed by atoms with Crippen LogP contribution in [0.15, 0.2) is 28.7 Å². The van der Waals surface area contributed by atoms with Crippen LogP contribution in [0, 0.1) is 0 Å². The summed E-state index contributed by atoms with van der Waals surface area (Å²) in [7, 11) is 0. The third kappa shape index (κ3) is 1.67. The fourth-order valence-corrected chi connectivity index (χ4v) is 1.99. The summed E-state index contributed by atoms with van der Waals surface area (Å²) in [5.41, 5.74) is -1.55. The zero-order valence-corrected chi connectivity index (χ0v) is 9.23. The highest BCUT2D eigenvalue weighted by atomic mass is 79.9. The standard InChI is InChI=1S/C10H8BrF3O/c11-8-3-1-2-7(4-8)9(5-15-6-9)10(12,13)14/h1-4H,5-6H2. The Balaban J connectivity index is 2.43. The van der Waals surface area contributed by atoms with Crippen LogP contribution in [0.4, 0.5) is 13.2 Å². The van der Waals surface area contributed by atoms with E-state index in [0.717, 1.165) is 0 Å². The van der Waals surface area contributed by atoms with Crippen molar-refractivity contribution in [2.45, 2.75) is 11.6 Å². The van der Waals surface area contributed by atoms with E-state index in [1.807, 2.05) is 0 Å². The lowest BCUT2D eigenvalue weighted by atomic mass is 9.78. The Morgan fingerprint density at radius 3 is 2.33 bits per heavy atom.